The number of fused-ring (bicyclic) bond motifs is 3. The fourth-order valence-electron chi connectivity index (χ4n) is 2.07. The first kappa shape index (κ1) is 10.5. The van der Waals surface area contributed by atoms with Gasteiger partial charge >= 0.3 is 0 Å². The van der Waals surface area contributed by atoms with Gasteiger partial charge in [0.2, 0.25) is 0 Å². The van der Waals surface area contributed by atoms with Crippen LogP contribution in [0.2, 0.25) is 5.02 Å². The van der Waals surface area contributed by atoms with Gasteiger partial charge in [0.1, 0.15) is 18.1 Å². The van der Waals surface area contributed by atoms with Crippen molar-refractivity contribution in [2.24, 2.45) is 0 Å². The molecule has 0 fully saturated rings. The van der Waals surface area contributed by atoms with Crippen molar-refractivity contribution < 1.29 is 9.47 Å². The van der Waals surface area contributed by atoms with E-state index >= 15 is 0 Å². The molecular weight excluding hydrogens is 236 g/mol. The lowest BCUT2D eigenvalue weighted by atomic mass is 9.97. The van der Waals surface area contributed by atoms with E-state index in [1.54, 1.807) is 7.11 Å². The Morgan fingerprint density at radius 3 is 2.76 bits per heavy atom. The molecule has 1 aliphatic heterocycles. The monoisotopic (exact) mass is 246 g/mol. The Balaban J connectivity index is 2.16. The Hall–Kier alpha value is -1.67. The number of ether oxygens (including phenoxy) is 2. The largest absolute Gasteiger partial charge is 0.497 e. The lowest BCUT2D eigenvalue weighted by Gasteiger charge is -2.21. The zero-order valence-electron chi connectivity index (χ0n) is 9.37. The molecule has 0 saturated carbocycles. The molecule has 0 atom stereocenters. The van der Waals surface area contributed by atoms with Crippen LogP contribution in [-0.4, -0.2) is 7.11 Å². The number of halogens is 1. The molecule has 0 amide bonds. The van der Waals surface area contributed by atoms with E-state index in [2.05, 4.69) is 0 Å². The van der Waals surface area contributed by atoms with Crippen LogP contribution in [0.15, 0.2) is 36.4 Å². The third-order valence-electron chi connectivity index (χ3n) is 2.93. The zero-order chi connectivity index (χ0) is 11.8. The van der Waals surface area contributed by atoms with Crippen molar-refractivity contribution in [3.8, 4) is 22.6 Å². The lowest BCUT2D eigenvalue weighted by molar-refractivity contribution is 0.300. The summed E-state index contributed by atoms with van der Waals surface area (Å²) in [6.07, 6.45) is 0. The molecular formula is C14H11ClO2. The molecule has 2 nitrogen and oxygen atoms in total. The quantitative estimate of drug-likeness (QED) is 0.760. The van der Waals surface area contributed by atoms with E-state index < -0.39 is 0 Å². The van der Waals surface area contributed by atoms with Gasteiger partial charge in [-0.05, 0) is 35.4 Å². The van der Waals surface area contributed by atoms with E-state index in [4.69, 9.17) is 21.1 Å². The molecule has 3 rings (SSSR count). The van der Waals surface area contributed by atoms with Crippen molar-refractivity contribution in [3.63, 3.8) is 0 Å². The van der Waals surface area contributed by atoms with E-state index in [9.17, 15) is 0 Å². The standard InChI is InChI=1S/C14H11ClO2/c1-16-11-3-5-13-12-4-2-10(15)6-9(12)8-17-14(13)7-11/h2-7H,8H2,1H3. The number of methoxy groups -OCH3 is 1. The third-order valence-corrected chi connectivity index (χ3v) is 3.16. The topological polar surface area (TPSA) is 18.5 Å². The number of rotatable bonds is 1. The minimum atomic E-state index is 0.552. The van der Waals surface area contributed by atoms with Crippen LogP contribution in [0.25, 0.3) is 11.1 Å². The maximum absolute atomic E-state index is 5.98. The molecule has 86 valence electrons. The molecule has 0 radical (unpaired) electrons. The molecule has 2 aromatic carbocycles. The SMILES string of the molecule is COc1ccc2c(c1)OCc1cc(Cl)ccc1-2. The normalized spacial score (nSPS) is 12.4. The first-order valence-corrected chi connectivity index (χ1v) is 5.75. The molecule has 0 N–H and O–H groups in total. The first-order valence-electron chi connectivity index (χ1n) is 5.37. The van der Waals surface area contributed by atoms with Crippen molar-refractivity contribution in [2.75, 3.05) is 7.11 Å². The summed E-state index contributed by atoms with van der Waals surface area (Å²) in [5.74, 6) is 1.67. The van der Waals surface area contributed by atoms with Crippen LogP contribution in [-0.2, 0) is 6.61 Å². The molecule has 0 bridgehead atoms. The maximum atomic E-state index is 5.98. The van der Waals surface area contributed by atoms with Gasteiger partial charge in [0, 0.05) is 16.7 Å². The summed E-state index contributed by atoms with van der Waals surface area (Å²) in [7, 11) is 1.65. The van der Waals surface area contributed by atoms with Crippen LogP contribution in [0.1, 0.15) is 5.56 Å². The molecule has 17 heavy (non-hydrogen) atoms. The molecule has 0 aliphatic carbocycles. The van der Waals surface area contributed by atoms with Gasteiger partial charge in [0.25, 0.3) is 0 Å². The highest BCUT2D eigenvalue weighted by Crippen LogP contribution is 2.40. The van der Waals surface area contributed by atoms with Gasteiger partial charge in [0.15, 0.2) is 0 Å². The summed E-state index contributed by atoms with van der Waals surface area (Å²) in [5.41, 5.74) is 3.39. The highest BCUT2D eigenvalue weighted by atomic mass is 35.5. The van der Waals surface area contributed by atoms with Gasteiger partial charge in [-0.3, -0.25) is 0 Å². The number of hydrogen-bond donors (Lipinski definition) is 0. The number of hydrogen-bond acceptors (Lipinski definition) is 2. The minimum Gasteiger partial charge on any atom is -0.497 e. The van der Waals surface area contributed by atoms with Gasteiger partial charge in [-0.15, -0.1) is 0 Å². The maximum Gasteiger partial charge on any atom is 0.131 e. The van der Waals surface area contributed by atoms with Gasteiger partial charge in [0.05, 0.1) is 7.11 Å². The van der Waals surface area contributed by atoms with Gasteiger partial charge in [-0.2, -0.15) is 0 Å². The first-order chi connectivity index (χ1) is 8.28. The predicted octanol–water partition coefficient (Wildman–Crippen LogP) is 3.91. The van der Waals surface area contributed by atoms with E-state index in [1.807, 2.05) is 36.4 Å². The summed E-state index contributed by atoms with van der Waals surface area (Å²) >= 11 is 5.98. The second kappa shape index (κ2) is 3.97. The fraction of sp³-hybridized carbons (Fsp3) is 0.143. The Morgan fingerprint density at radius 1 is 1.12 bits per heavy atom. The van der Waals surface area contributed by atoms with Gasteiger partial charge in [-0.1, -0.05) is 17.7 Å². The van der Waals surface area contributed by atoms with Crippen molar-refractivity contribution in [3.05, 3.63) is 47.0 Å². The average molecular weight is 247 g/mol. The molecule has 0 unspecified atom stereocenters. The van der Waals surface area contributed by atoms with Crippen LogP contribution < -0.4 is 9.47 Å². The highest BCUT2D eigenvalue weighted by Gasteiger charge is 2.17. The van der Waals surface area contributed by atoms with Crippen molar-refractivity contribution in [2.45, 2.75) is 6.61 Å². The molecule has 2 aromatic rings. The average Bonchev–Trinajstić information content (AvgIpc) is 2.37. The zero-order valence-corrected chi connectivity index (χ0v) is 10.1. The van der Waals surface area contributed by atoms with Crippen LogP contribution in [0.5, 0.6) is 11.5 Å². The predicted molar refractivity (Wildman–Crippen MR) is 67.8 cm³/mol. The van der Waals surface area contributed by atoms with Gasteiger partial charge < -0.3 is 9.47 Å². The van der Waals surface area contributed by atoms with Crippen molar-refractivity contribution in [1.82, 2.24) is 0 Å². The summed E-state index contributed by atoms with van der Waals surface area (Å²) in [5, 5.41) is 0.740. The van der Waals surface area contributed by atoms with E-state index in [-0.39, 0.29) is 0 Å². The second-order valence-corrected chi connectivity index (χ2v) is 4.39. The van der Waals surface area contributed by atoms with Crippen molar-refractivity contribution >= 4 is 11.6 Å². The number of benzene rings is 2. The molecule has 0 spiro atoms. The van der Waals surface area contributed by atoms with Crippen molar-refractivity contribution in [1.29, 1.82) is 0 Å². The highest BCUT2D eigenvalue weighted by molar-refractivity contribution is 6.30. The molecule has 3 heteroatoms. The van der Waals surface area contributed by atoms with Crippen LogP contribution in [0, 0.1) is 0 Å². The fourth-order valence-corrected chi connectivity index (χ4v) is 2.27. The summed E-state index contributed by atoms with van der Waals surface area (Å²) in [6.45, 7) is 0.552. The Labute approximate surface area is 105 Å². The van der Waals surface area contributed by atoms with Crippen LogP contribution >= 0.6 is 11.6 Å². The third kappa shape index (κ3) is 1.75. The molecule has 1 aliphatic rings. The Bertz CT molecular complexity index is 578. The van der Waals surface area contributed by atoms with E-state index in [1.165, 1.54) is 5.56 Å². The summed E-state index contributed by atoms with van der Waals surface area (Å²) in [6, 6.07) is 11.7. The molecule has 1 heterocycles. The Morgan fingerprint density at radius 2 is 1.94 bits per heavy atom. The summed E-state index contributed by atoms with van der Waals surface area (Å²) in [4.78, 5) is 0. The van der Waals surface area contributed by atoms with Crippen LogP contribution in [0.3, 0.4) is 0 Å². The summed E-state index contributed by atoms with van der Waals surface area (Å²) < 4.78 is 10.9. The van der Waals surface area contributed by atoms with Gasteiger partial charge in [-0.25, -0.2) is 0 Å². The molecule has 0 aromatic heterocycles. The lowest BCUT2D eigenvalue weighted by Crippen LogP contribution is -2.05. The molecule has 0 saturated heterocycles. The van der Waals surface area contributed by atoms with E-state index in [0.717, 1.165) is 27.6 Å². The van der Waals surface area contributed by atoms with E-state index in [0.29, 0.717) is 6.61 Å². The Kier molecular flexibility index (Phi) is 2.45. The van der Waals surface area contributed by atoms with Crippen LogP contribution in [0.4, 0.5) is 0 Å². The minimum absolute atomic E-state index is 0.552. The second-order valence-electron chi connectivity index (χ2n) is 3.95. The smallest absolute Gasteiger partial charge is 0.131 e.